The number of hydrogen-bond acceptors (Lipinski definition) is 7. The molecule has 0 aromatic heterocycles. The van der Waals surface area contributed by atoms with E-state index in [1.54, 1.807) is 0 Å². The third kappa shape index (κ3) is 7.36. The number of aliphatic hydroxyl groups is 1. The Balaban J connectivity index is -0.000000720. The molecule has 9 heteroatoms. The molecule has 0 atom stereocenters. The molecule has 0 amide bonds. The fourth-order valence-electron chi connectivity index (χ4n) is 0.684. The van der Waals surface area contributed by atoms with Crippen molar-refractivity contribution in [1.29, 1.82) is 0 Å². The molecule has 0 aromatic rings. The Hall–Kier alpha value is -0.578. The largest absolute Gasteiger partial charge is 3.00 e. The van der Waals surface area contributed by atoms with Gasteiger partial charge in [0.1, 0.15) is 5.60 Å². The molecule has 0 fully saturated rings. The van der Waals surface area contributed by atoms with Crippen molar-refractivity contribution >= 4 is 35.3 Å². The minimum atomic E-state index is -2.97. The topological polar surface area (TPSA) is 141 Å². The van der Waals surface area contributed by atoms with Gasteiger partial charge in [-0.15, -0.1) is 0 Å². The van der Waals surface area contributed by atoms with Crippen LogP contribution in [0.5, 0.6) is 0 Å². The zero-order valence-electron chi connectivity index (χ0n) is 7.27. The van der Waals surface area contributed by atoms with E-state index in [-0.39, 0.29) is 34.4 Å². The molecule has 0 saturated carbocycles. The van der Waals surface area contributed by atoms with Crippen molar-refractivity contribution in [2.75, 3.05) is 0 Å². The first kappa shape index (κ1) is 19.9. The van der Waals surface area contributed by atoms with Crippen molar-refractivity contribution in [2.24, 2.45) is 0 Å². The zero-order chi connectivity index (χ0) is 10.6. The van der Waals surface area contributed by atoms with Gasteiger partial charge in [0.15, 0.2) is 0 Å². The fraction of sp³-hybridized carbons (Fsp3) is 0.500. The molecule has 0 spiro atoms. The molecule has 1 radical (unpaired) electrons. The third-order valence-corrected chi connectivity index (χ3v) is 1.25. The predicted molar refractivity (Wildman–Crippen MR) is 35.0 cm³/mol. The summed E-state index contributed by atoms with van der Waals surface area (Å²) in [6.45, 7) is 0. The first-order valence-electron chi connectivity index (χ1n) is 3.11. The van der Waals surface area contributed by atoms with Gasteiger partial charge in [-0.1, -0.05) is 0 Å². The third-order valence-electron chi connectivity index (χ3n) is 1.25. The van der Waals surface area contributed by atoms with Crippen LogP contribution in [-0.2, 0) is 31.5 Å². The number of carboxylic acids is 3. The van der Waals surface area contributed by atoms with E-state index in [1.807, 2.05) is 0 Å². The molecule has 79 valence electrons. The van der Waals surface area contributed by atoms with Gasteiger partial charge in [0.2, 0.25) is 0 Å². The molecule has 0 aromatic carbocycles. The van der Waals surface area contributed by atoms with Gasteiger partial charge in [0.25, 0.3) is 0 Å². The first-order valence-corrected chi connectivity index (χ1v) is 3.11. The van der Waals surface area contributed by atoms with Crippen molar-refractivity contribution in [3.05, 3.63) is 0 Å². The number of carboxylic acid groups (broad SMARTS) is 3. The summed E-state index contributed by atoms with van der Waals surface area (Å²) < 4.78 is 0. The summed E-state index contributed by atoms with van der Waals surface area (Å²) in [4.78, 5) is 30.0. The van der Waals surface area contributed by atoms with Gasteiger partial charge in [-0.25, -0.2) is 0 Å². The van der Waals surface area contributed by atoms with Gasteiger partial charge in [0.05, 0.1) is 5.97 Å². The second-order valence-electron chi connectivity index (χ2n) is 2.42. The number of aliphatic carboxylic acids is 3. The summed E-state index contributed by atoms with van der Waals surface area (Å²) >= 11 is 0. The summed E-state index contributed by atoms with van der Waals surface area (Å²) in [5.41, 5.74) is -2.97. The second kappa shape index (κ2) is 7.68. The molecule has 1 N–H and O–H groups in total. The Labute approximate surface area is 106 Å². The van der Waals surface area contributed by atoms with Crippen LogP contribution in [0.3, 0.4) is 0 Å². The molecule has 0 unspecified atom stereocenters. The monoisotopic (exact) mass is 271 g/mol. The summed E-state index contributed by atoms with van der Waals surface area (Å²) in [5, 5.41) is 38.9. The van der Waals surface area contributed by atoms with Crippen molar-refractivity contribution in [1.82, 2.24) is 0 Å². The molecular weight excluding hydrogens is 266 g/mol. The number of carbonyl (C=O) groups excluding carboxylic acids is 3. The quantitative estimate of drug-likeness (QED) is 0.491. The van der Waals surface area contributed by atoms with Crippen LogP contribution in [0.15, 0.2) is 0 Å². The summed E-state index contributed by atoms with van der Waals surface area (Å²) in [5.74, 6) is -5.98. The summed E-state index contributed by atoms with van der Waals surface area (Å²) in [6, 6.07) is 0. The van der Waals surface area contributed by atoms with E-state index in [0.29, 0.717) is 0 Å². The Morgan fingerprint density at radius 2 is 1.27 bits per heavy atom. The Morgan fingerprint density at radius 3 is 1.40 bits per heavy atom. The number of carbonyl (C=O) groups is 3. The molecule has 0 rings (SSSR count). The van der Waals surface area contributed by atoms with E-state index in [1.165, 1.54) is 0 Å². The maximum absolute atomic E-state index is 10.1. The zero-order valence-corrected chi connectivity index (χ0v) is 9.60. The van der Waals surface area contributed by atoms with Crippen LogP contribution >= 0.6 is 0 Å². The second-order valence-corrected chi connectivity index (χ2v) is 2.42. The van der Waals surface area contributed by atoms with Gasteiger partial charge in [-0.3, -0.25) is 0 Å². The molecule has 0 aliphatic heterocycles. The molecule has 7 nitrogen and oxygen atoms in total. The van der Waals surface area contributed by atoms with Crippen molar-refractivity contribution < 1.29 is 51.9 Å². The maximum atomic E-state index is 10.1. The molecule has 0 aliphatic rings. The van der Waals surface area contributed by atoms with Crippen LogP contribution in [0.25, 0.3) is 0 Å². The van der Waals surface area contributed by atoms with Crippen molar-refractivity contribution in [2.45, 2.75) is 18.4 Å². The van der Waals surface area contributed by atoms with Crippen molar-refractivity contribution in [3.63, 3.8) is 0 Å². The molecule has 0 aliphatic carbocycles. The van der Waals surface area contributed by atoms with Gasteiger partial charge in [-0.05, 0) is 0 Å². The summed E-state index contributed by atoms with van der Waals surface area (Å²) in [7, 11) is 0. The van der Waals surface area contributed by atoms with Crippen LogP contribution < -0.4 is 15.3 Å². The van der Waals surface area contributed by atoms with E-state index in [0.717, 1.165) is 0 Å². The van der Waals surface area contributed by atoms with E-state index < -0.39 is 36.4 Å². The molecular formula is C6H5AlMnO7+2. The first-order chi connectivity index (χ1) is 5.78. The fourth-order valence-corrected chi connectivity index (χ4v) is 0.684. The molecule has 0 bridgehead atoms. The average molecular weight is 271 g/mol. The normalized spacial score (nSPS) is 9.40. The smallest absolute Gasteiger partial charge is 0.550 e. The van der Waals surface area contributed by atoms with Crippen molar-refractivity contribution in [3.8, 4) is 0 Å². The minimum Gasteiger partial charge on any atom is -0.550 e. The predicted octanol–water partition coefficient (Wildman–Crippen LogP) is -5.64. The van der Waals surface area contributed by atoms with Gasteiger partial charge < -0.3 is 34.8 Å². The Kier molecular flexibility index (Phi) is 10.2. The van der Waals surface area contributed by atoms with Crippen LogP contribution in [0, 0.1) is 0 Å². The summed E-state index contributed by atoms with van der Waals surface area (Å²) in [6.07, 6.45) is -2.72. The van der Waals surface area contributed by atoms with E-state index in [2.05, 4.69) is 0 Å². The molecule has 15 heavy (non-hydrogen) atoms. The Bertz CT molecular complexity index is 238. The van der Waals surface area contributed by atoms with E-state index in [9.17, 15) is 29.7 Å². The molecule has 0 heterocycles. The van der Waals surface area contributed by atoms with Crippen LogP contribution in [0.4, 0.5) is 0 Å². The number of rotatable bonds is 5. The van der Waals surface area contributed by atoms with Crippen LogP contribution in [-0.4, -0.2) is 46.0 Å². The maximum Gasteiger partial charge on any atom is 3.00 e. The Morgan fingerprint density at radius 1 is 1.00 bits per heavy atom. The van der Waals surface area contributed by atoms with Gasteiger partial charge in [-0.2, -0.15) is 0 Å². The minimum absolute atomic E-state index is 0. The SMILES string of the molecule is O=C([O-])CC(O)(CC(=O)[O-])C(=O)[O-].[Al+3].[Mn+2]. The molecule has 0 saturated heterocycles. The van der Waals surface area contributed by atoms with E-state index >= 15 is 0 Å². The van der Waals surface area contributed by atoms with Crippen LogP contribution in [0.1, 0.15) is 12.8 Å². The van der Waals surface area contributed by atoms with Gasteiger partial charge in [0, 0.05) is 24.8 Å². The number of hydrogen-bond donors (Lipinski definition) is 1. The average Bonchev–Trinajstić information content (AvgIpc) is 1.82. The van der Waals surface area contributed by atoms with E-state index in [4.69, 9.17) is 5.11 Å². The standard InChI is InChI=1S/C6H8O7.Al.Mn/c7-3(8)1-6(13,5(11)12)2-4(9)10;;/h13H,1-2H2,(H,7,8)(H,9,10)(H,11,12);;/q;+3;+2/p-3. The van der Waals surface area contributed by atoms with Gasteiger partial charge >= 0.3 is 34.4 Å². The van der Waals surface area contributed by atoms with Crippen LogP contribution in [0.2, 0.25) is 0 Å².